The summed E-state index contributed by atoms with van der Waals surface area (Å²) in [4.78, 5) is 24.2. The molecule has 5 nitrogen and oxygen atoms in total. The van der Waals surface area contributed by atoms with Crippen molar-refractivity contribution in [3.63, 3.8) is 0 Å². The summed E-state index contributed by atoms with van der Waals surface area (Å²) in [5.74, 6) is -0.202. The fraction of sp³-hybridized carbons (Fsp3) is 0.364. The lowest BCUT2D eigenvalue weighted by Crippen LogP contribution is -2.30. The molecular weight excluding hydrogens is 378 g/mol. The van der Waals surface area contributed by atoms with Crippen LogP contribution < -0.4 is 10.1 Å². The third-order valence-corrected chi connectivity index (χ3v) is 4.45. The SMILES string of the molecule is CCOC(=O)c1ccc(NC(=O)[C@H](C)Oc2ccc(C(C)(C)C)cc2)cc1Cl. The molecule has 2 rings (SSSR count). The lowest BCUT2D eigenvalue weighted by molar-refractivity contribution is -0.122. The molecule has 0 aliphatic heterocycles. The van der Waals surface area contributed by atoms with Crippen LogP contribution in [-0.2, 0) is 14.9 Å². The van der Waals surface area contributed by atoms with Crippen molar-refractivity contribution in [1.82, 2.24) is 0 Å². The molecule has 150 valence electrons. The lowest BCUT2D eigenvalue weighted by Gasteiger charge is -2.20. The Kier molecular flexibility index (Phi) is 7.08. The molecule has 0 heterocycles. The van der Waals surface area contributed by atoms with Crippen LogP contribution in [0.25, 0.3) is 0 Å². The van der Waals surface area contributed by atoms with Crippen molar-refractivity contribution in [1.29, 1.82) is 0 Å². The minimum atomic E-state index is -0.705. The summed E-state index contributed by atoms with van der Waals surface area (Å²) in [7, 11) is 0. The molecule has 0 aliphatic rings. The number of hydrogen-bond donors (Lipinski definition) is 1. The molecule has 0 bridgehead atoms. The zero-order valence-corrected chi connectivity index (χ0v) is 17.6. The number of esters is 1. The summed E-state index contributed by atoms with van der Waals surface area (Å²) < 4.78 is 10.7. The predicted molar refractivity (Wildman–Crippen MR) is 111 cm³/mol. The number of amides is 1. The van der Waals surface area contributed by atoms with Crippen LogP contribution in [0.3, 0.4) is 0 Å². The molecule has 0 spiro atoms. The Morgan fingerprint density at radius 1 is 1.11 bits per heavy atom. The Bertz CT molecular complexity index is 841. The third kappa shape index (κ3) is 5.73. The van der Waals surface area contributed by atoms with Crippen LogP contribution in [-0.4, -0.2) is 24.6 Å². The molecule has 2 aromatic carbocycles. The van der Waals surface area contributed by atoms with Crippen LogP contribution >= 0.6 is 11.6 Å². The van der Waals surface area contributed by atoms with Gasteiger partial charge >= 0.3 is 5.97 Å². The van der Waals surface area contributed by atoms with Crippen molar-refractivity contribution in [3.8, 4) is 5.75 Å². The van der Waals surface area contributed by atoms with Crippen LogP contribution in [0.15, 0.2) is 42.5 Å². The number of rotatable bonds is 6. The summed E-state index contributed by atoms with van der Waals surface area (Å²) in [5, 5.41) is 2.95. The van der Waals surface area contributed by atoms with E-state index in [-0.39, 0.29) is 28.5 Å². The molecule has 0 aromatic heterocycles. The van der Waals surface area contributed by atoms with Gasteiger partial charge in [-0.3, -0.25) is 4.79 Å². The van der Waals surface area contributed by atoms with E-state index in [1.54, 1.807) is 19.9 Å². The van der Waals surface area contributed by atoms with E-state index in [4.69, 9.17) is 21.1 Å². The summed E-state index contributed by atoms with van der Waals surface area (Å²) in [5.41, 5.74) is 1.97. The first-order valence-corrected chi connectivity index (χ1v) is 9.54. The Morgan fingerprint density at radius 2 is 1.75 bits per heavy atom. The largest absolute Gasteiger partial charge is 0.481 e. The van der Waals surface area contributed by atoms with Gasteiger partial charge in [0.2, 0.25) is 0 Å². The van der Waals surface area contributed by atoms with Crippen LogP contribution in [0.1, 0.15) is 50.5 Å². The number of hydrogen-bond acceptors (Lipinski definition) is 4. The van der Waals surface area contributed by atoms with Crippen LogP contribution in [0.4, 0.5) is 5.69 Å². The van der Waals surface area contributed by atoms with Gasteiger partial charge in [-0.15, -0.1) is 0 Å². The molecule has 0 radical (unpaired) electrons. The predicted octanol–water partition coefficient (Wildman–Crippen LogP) is 5.22. The van der Waals surface area contributed by atoms with Crippen LogP contribution in [0, 0.1) is 0 Å². The Balaban J connectivity index is 2.00. The molecular formula is C22H26ClNO4. The summed E-state index contributed by atoms with van der Waals surface area (Å²) in [6.45, 7) is 10.1. The van der Waals surface area contributed by atoms with Gasteiger partial charge in [-0.25, -0.2) is 4.79 Å². The van der Waals surface area contributed by atoms with Crippen molar-refractivity contribution in [2.75, 3.05) is 11.9 Å². The fourth-order valence-corrected chi connectivity index (χ4v) is 2.76. The zero-order valence-electron chi connectivity index (χ0n) is 16.8. The van der Waals surface area contributed by atoms with Crippen LogP contribution in [0.2, 0.25) is 5.02 Å². The third-order valence-electron chi connectivity index (χ3n) is 4.13. The van der Waals surface area contributed by atoms with E-state index in [0.717, 1.165) is 0 Å². The second kappa shape index (κ2) is 9.11. The van der Waals surface area contributed by atoms with Gasteiger partial charge in [0.1, 0.15) is 5.75 Å². The maximum atomic E-state index is 12.4. The molecule has 0 saturated heterocycles. The molecule has 1 amide bonds. The molecule has 6 heteroatoms. The highest BCUT2D eigenvalue weighted by Crippen LogP contribution is 2.25. The monoisotopic (exact) mass is 403 g/mol. The molecule has 0 unspecified atom stereocenters. The maximum Gasteiger partial charge on any atom is 0.339 e. The number of nitrogens with one attached hydrogen (secondary N) is 1. The van der Waals surface area contributed by atoms with Gasteiger partial charge in [0.15, 0.2) is 6.10 Å². The first-order chi connectivity index (χ1) is 13.1. The van der Waals surface area contributed by atoms with Gasteiger partial charge in [-0.1, -0.05) is 44.5 Å². The number of halogens is 1. The Morgan fingerprint density at radius 3 is 2.29 bits per heavy atom. The zero-order chi connectivity index (χ0) is 20.9. The number of ether oxygens (including phenoxy) is 2. The van der Waals surface area contributed by atoms with Crippen molar-refractivity contribution in [3.05, 3.63) is 58.6 Å². The number of benzene rings is 2. The molecule has 2 aromatic rings. The number of anilines is 1. The van der Waals surface area contributed by atoms with E-state index in [0.29, 0.717) is 11.4 Å². The molecule has 0 fully saturated rings. The topological polar surface area (TPSA) is 64.6 Å². The smallest absolute Gasteiger partial charge is 0.339 e. The first kappa shape index (κ1) is 21.8. The first-order valence-electron chi connectivity index (χ1n) is 9.16. The average molecular weight is 404 g/mol. The van der Waals surface area contributed by atoms with Crippen LogP contribution in [0.5, 0.6) is 5.75 Å². The van der Waals surface area contributed by atoms with E-state index in [2.05, 4.69) is 26.1 Å². The highest BCUT2D eigenvalue weighted by Gasteiger charge is 2.18. The van der Waals surface area contributed by atoms with E-state index in [1.807, 2.05) is 24.3 Å². The highest BCUT2D eigenvalue weighted by molar-refractivity contribution is 6.34. The molecule has 1 atom stereocenters. The van der Waals surface area contributed by atoms with Gasteiger partial charge in [0.05, 0.1) is 17.2 Å². The number of carbonyl (C=O) groups excluding carboxylic acids is 2. The van der Waals surface area contributed by atoms with Gasteiger partial charge < -0.3 is 14.8 Å². The molecule has 28 heavy (non-hydrogen) atoms. The van der Waals surface area contributed by atoms with E-state index >= 15 is 0 Å². The Labute approximate surface area is 171 Å². The van der Waals surface area contributed by atoms with Gasteiger partial charge in [0, 0.05) is 5.69 Å². The summed E-state index contributed by atoms with van der Waals surface area (Å²) >= 11 is 6.12. The normalized spacial score (nSPS) is 12.2. The number of carbonyl (C=O) groups is 2. The minimum Gasteiger partial charge on any atom is -0.481 e. The Hall–Kier alpha value is -2.53. The molecule has 1 N–H and O–H groups in total. The molecule has 0 aliphatic carbocycles. The second-order valence-corrected chi connectivity index (χ2v) is 7.85. The van der Waals surface area contributed by atoms with E-state index in [9.17, 15) is 9.59 Å². The second-order valence-electron chi connectivity index (χ2n) is 7.44. The lowest BCUT2D eigenvalue weighted by atomic mass is 9.87. The summed E-state index contributed by atoms with van der Waals surface area (Å²) in [6, 6.07) is 12.3. The summed E-state index contributed by atoms with van der Waals surface area (Å²) in [6.07, 6.45) is -0.705. The van der Waals surface area contributed by atoms with Crippen molar-refractivity contribution in [2.45, 2.75) is 46.1 Å². The standard InChI is InChI=1S/C22H26ClNO4/c1-6-27-21(26)18-12-9-16(13-19(18)23)24-20(25)14(2)28-17-10-7-15(8-11-17)22(3,4)5/h7-14H,6H2,1-5H3,(H,24,25)/t14-/m0/s1. The van der Waals surface area contributed by atoms with Gasteiger partial charge in [-0.05, 0) is 55.2 Å². The molecule has 0 saturated carbocycles. The minimum absolute atomic E-state index is 0.0521. The fourth-order valence-electron chi connectivity index (χ4n) is 2.50. The van der Waals surface area contributed by atoms with Crippen molar-refractivity contribution < 1.29 is 19.1 Å². The van der Waals surface area contributed by atoms with Crippen molar-refractivity contribution >= 4 is 29.2 Å². The maximum absolute atomic E-state index is 12.4. The van der Waals surface area contributed by atoms with Gasteiger partial charge in [-0.2, -0.15) is 0 Å². The van der Waals surface area contributed by atoms with Gasteiger partial charge in [0.25, 0.3) is 5.91 Å². The van der Waals surface area contributed by atoms with Crippen molar-refractivity contribution in [2.24, 2.45) is 0 Å². The highest BCUT2D eigenvalue weighted by atomic mass is 35.5. The quantitative estimate of drug-likeness (QED) is 0.671. The van der Waals surface area contributed by atoms with E-state index in [1.165, 1.54) is 17.7 Å². The van der Waals surface area contributed by atoms with E-state index < -0.39 is 12.1 Å². The average Bonchev–Trinajstić information content (AvgIpc) is 2.61.